The van der Waals surface area contributed by atoms with E-state index in [2.05, 4.69) is 10.2 Å². The summed E-state index contributed by atoms with van der Waals surface area (Å²) in [6.07, 6.45) is 3.39. The lowest BCUT2D eigenvalue weighted by Gasteiger charge is -2.16. The van der Waals surface area contributed by atoms with E-state index in [0.717, 1.165) is 31.6 Å². The zero-order valence-electron chi connectivity index (χ0n) is 10.8. The fourth-order valence-electron chi connectivity index (χ4n) is 2.70. The number of rotatable bonds is 4. The zero-order valence-corrected chi connectivity index (χ0v) is 11.6. The summed E-state index contributed by atoms with van der Waals surface area (Å²) in [6.45, 7) is 1.85. The molecule has 1 aromatic rings. The third-order valence-electron chi connectivity index (χ3n) is 3.88. The second-order valence-corrected chi connectivity index (χ2v) is 5.80. The van der Waals surface area contributed by atoms with Gasteiger partial charge >= 0.3 is 0 Å². The topological polar surface area (TPSA) is 58.4 Å². The van der Waals surface area contributed by atoms with Crippen LogP contribution in [-0.2, 0) is 0 Å². The molecule has 0 bridgehead atoms. The molecule has 2 fully saturated rings. The quantitative estimate of drug-likeness (QED) is 0.686. The summed E-state index contributed by atoms with van der Waals surface area (Å²) in [4.78, 5) is 12.9. The van der Waals surface area contributed by atoms with E-state index in [0.29, 0.717) is 6.04 Å². The molecule has 1 unspecified atom stereocenters. The third-order valence-corrected chi connectivity index (χ3v) is 4.17. The molecule has 0 radical (unpaired) electrons. The number of nitrogens with zero attached hydrogens (tertiary/aromatic N) is 2. The van der Waals surface area contributed by atoms with Crippen molar-refractivity contribution in [2.45, 2.75) is 31.3 Å². The lowest BCUT2D eigenvalue weighted by molar-refractivity contribution is -0.384. The van der Waals surface area contributed by atoms with Gasteiger partial charge in [-0.1, -0.05) is 11.6 Å². The van der Waals surface area contributed by atoms with E-state index in [1.807, 2.05) is 0 Å². The number of nitro benzene ring substituents is 1. The van der Waals surface area contributed by atoms with Gasteiger partial charge < -0.3 is 5.32 Å². The third kappa shape index (κ3) is 2.71. The second kappa shape index (κ2) is 5.18. The predicted molar refractivity (Wildman–Crippen MR) is 74.7 cm³/mol. The molecule has 2 aliphatic rings. The van der Waals surface area contributed by atoms with Gasteiger partial charge in [-0.15, -0.1) is 0 Å². The van der Waals surface area contributed by atoms with Crippen molar-refractivity contribution in [2.24, 2.45) is 0 Å². The molecule has 0 spiro atoms. The van der Waals surface area contributed by atoms with Crippen LogP contribution in [0.4, 0.5) is 15.8 Å². The van der Waals surface area contributed by atoms with E-state index in [-0.39, 0.29) is 22.4 Å². The Kier molecular flexibility index (Phi) is 3.52. The van der Waals surface area contributed by atoms with Gasteiger partial charge in [-0.25, -0.2) is 4.39 Å². The smallest absolute Gasteiger partial charge is 0.294 e. The molecule has 7 heteroatoms. The molecule has 1 heterocycles. The molecule has 1 saturated heterocycles. The first-order valence-electron chi connectivity index (χ1n) is 6.68. The van der Waals surface area contributed by atoms with Crippen molar-refractivity contribution < 1.29 is 9.31 Å². The van der Waals surface area contributed by atoms with E-state index in [9.17, 15) is 14.5 Å². The summed E-state index contributed by atoms with van der Waals surface area (Å²) in [5.74, 6) is -0.642. The molecular formula is C13H15ClFN3O2. The highest BCUT2D eigenvalue weighted by Crippen LogP contribution is 2.34. The van der Waals surface area contributed by atoms with Crippen molar-refractivity contribution in [1.29, 1.82) is 0 Å². The molecule has 0 amide bonds. The predicted octanol–water partition coefficient (Wildman–Crippen LogP) is 3.04. The molecule has 1 atom stereocenters. The normalized spacial score (nSPS) is 23.0. The van der Waals surface area contributed by atoms with Gasteiger partial charge in [-0.05, 0) is 19.3 Å². The highest BCUT2D eigenvalue weighted by molar-refractivity contribution is 6.31. The molecule has 108 valence electrons. The summed E-state index contributed by atoms with van der Waals surface area (Å²) >= 11 is 5.60. The van der Waals surface area contributed by atoms with Gasteiger partial charge in [0.2, 0.25) is 0 Å². The minimum atomic E-state index is -0.642. The molecule has 1 aromatic carbocycles. The van der Waals surface area contributed by atoms with Crippen molar-refractivity contribution in [2.75, 3.05) is 18.4 Å². The van der Waals surface area contributed by atoms with Crippen LogP contribution in [0.1, 0.15) is 19.3 Å². The first-order chi connectivity index (χ1) is 9.54. The molecule has 1 saturated carbocycles. The Balaban J connectivity index is 1.76. The molecule has 1 aliphatic carbocycles. The van der Waals surface area contributed by atoms with E-state index < -0.39 is 10.7 Å². The Labute approximate surface area is 120 Å². The highest BCUT2D eigenvalue weighted by atomic mass is 35.5. The maximum Gasteiger partial charge on any atom is 0.294 e. The number of anilines is 1. The Bertz CT molecular complexity index is 551. The van der Waals surface area contributed by atoms with Crippen molar-refractivity contribution in [3.63, 3.8) is 0 Å². The average molecular weight is 300 g/mol. The van der Waals surface area contributed by atoms with Crippen LogP contribution in [0.2, 0.25) is 5.02 Å². The zero-order chi connectivity index (χ0) is 14.3. The van der Waals surface area contributed by atoms with Crippen LogP contribution in [0.25, 0.3) is 0 Å². The minimum Gasteiger partial charge on any atom is -0.375 e. The van der Waals surface area contributed by atoms with Crippen LogP contribution in [0, 0.1) is 15.9 Å². The van der Waals surface area contributed by atoms with Gasteiger partial charge in [0, 0.05) is 37.3 Å². The van der Waals surface area contributed by atoms with Gasteiger partial charge in [0.25, 0.3) is 5.69 Å². The number of hydrogen-bond donors (Lipinski definition) is 1. The number of nitro groups is 1. The number of halogens is 2. The Morgan fingerprint density at radius 1 is 1.40 bits per heavy atom. The van der Waals surface area contributed by atoms with Gasteiger partial charge in [0.1, 0.15) is 11.5 Å². The van der Waals surface area contributed by atoms with E-state index in [1.54, 1.807) is 0 Å². The van der Waals surface area contributed by atoms with Crippen molar-refractivity contribution in [3.8, 4) is 0 Å². The Morgan fingerprint density at radius 2 is 2.15 bits per heavy atom. The standard InChI is InChI=1S/C13H15ClFN3O2/c14-10-5-13(18(19)20)12(6-11(10)15)16-8-3-4-17(7-8)9-1-2-9/h5-6,8-9,16H,1-4,7H2. The van der Waals surface area contributed by atoms with Gasteiger partial charge in [-0.2, -0.15) is 0 Å². The summed E-state index contributed by atoms with van der Waals surface area (Å²) in [5, 5.41) is 13.9. The molecule has 3 rings (SSSR count). The van der Waals surface area contributed by atoms with Crippen LogP contribution in [0.5, 0.6) is 0 Å². The maximum atomic E-state index is 13.5. The minimum absolute atomic E-state index is 0.120. The van der Waals surface area contributed by atoms with Gasteiger partial charge in [0.15, 0.2) is 0 Å². The fraction of sp³-hybridized carbons (Fsp3) is 0.538. The first kappa shape index (κ1) is 13.6. The number of benzene rings is 1. The highest BCUT2D eigenvalue weighted by Gasteiger charge is 2.35. The number of hydrogen-bond acceptors (Lipinski definition) is 4. The SMILES string of the molecule is O=[N+]([O-])c1cc(Cl)c(F)cc1NC1CCN(C2CC2)C1. The average Bonchev–Trinajstić information content (AvgIpc) is 3.14. The van der Waals surface area contributed by atoms with E-state index >= 15 is 0 Å². The summed E-state index contributed by atoms with van der Waals surface area (Å²) < 4.78 is 13.5. The van der Waals surface area contributed by atoms with Crippen molar-refractivity contribution in [1.82, 2.24) is 4.90 Å². The van der Waals surface area contributed by atoms with Crippen molar-refractivity contribution in [3.05, 3.63) is 33.1 Å². The van der Waals surface area contributed by atoms with Crippen LogP contribution in [-0.4, -0.2) is 35.0 Å². The summed E-state index contributed by atoms with van der Waals surface area (Å²) in [7, 11) is 0. The molecule has 1 aliphatic heterocycles. The second-order valence-electron chi connectivity index (χ2n) is 5.40. The first-order valence-corrected chi connectivity index (χ1v) is 7.06. The van der Waals surface area contributed by atoms with E-state index in [4.69, 9.17) is 11.6 Å². The summed E-state index contributed by atoms with van der Waals surface area (Å²) in [6, 6.07) is 2.97. The molecule has 5 nitrogen and oxygen atoms in total. The molecular weight excluding hydrogens is 285 g/mol. The molecule has 1 N–H and O–H groups in total. The van der Waals surface area contributed by atoms with Crippen LogP contribution < -0.4 is 5.32 Å². The lowest BCUT2D eigenvalue weighted by atomic mass is 10.2. The largest absolute Gasteiger partial charge is 0.375 e. The van der Waals surface area contributed by atoms with Gasteiger partial charge in [0.05, 0.1) is 9.95 Å². The van der Waals surface area contributed by atoms with Crippen LogP contribution in [0.15, 0.2) is 12.1 Å². The maximum absolute atomic E-state index is 13.5. The molecule has 20 heavy (non-hydrogen) atoms. The number of nitrogens with one attached hydrogen (secondary N) is 1. The van der Waals surface area contributed by atoms with Crippen LogP contribution in [0.3, 0.4) is 0 Å². The van der Waals surface area contributed by atoms with Crippen LogP contribution >= 0.6 is 11.6 Å². The fourth-order valence-corrected chi connectivity index (χ4v) is 2.86. The summed E-state index contributed by atoms with van der Waals surface area (Å²) in [5.41, 5.74) is 0.0285. The lowest BCUT2D eigenvalue weighted by Crippen LogP contribution is -2.28. The van der Waals surface area contributed by atoms with Crippen molar-refractivity contribution >= 4 is 23.0 Å². The monoisotopic (exact) mass is 299 g/mol. The van der Waals surface area contributed by atoms with E-state index in [1.165, 1.54) is 12.8 Å². The Hall–Kier alpha value is -1.40. The Morgan fingerprint density at radius 3 is 2.80 bits per heavy atom. The molecule has 0 aromatic heterocycles. The number of likely N-dealkylation sites (tertiary alicyclic amines) is 1. The van der Waals surface area contributed by atoms with Gasteiger partial charge in [-0.3, -0.25) is 15.0 Å².